The van der Waals surface area contributed by atoms with Crippen molar-refractivity contribution in [2.45, 2.75) is 25.0 Å². The van der Waals surface area contributed by atoms with Gasteiger partial charge in [-0.2, -0.15) is 5.10 Å². The molecule has 0 atom stereocenters. The normalized spacial score (nSPS) is 22.2. The molecular formula is C14H17N3O. The molecule has 4 rings (SSSR count). The highest BCUT2D eigenvalue weighted by molar-refractivity contribution is 5.82. The highest BCUT2D eigenvalue weighted by Crippen LogP contribution is 2.40. The fourth-order valence-corrected chi connectivity index (χ4v) is 3.33. The van der Waals surface area contributed by atoms with Crippen LogP contribution in [0.5, 0.6) is 0 Å². The lowest BCUT2D eigenvalue weighted by atomic mass is 9.86. The zero-order valence-electron chi connectivity index (χ0n) is 10.4. The van der Waals surface area contributed by atoms with Gasteiger partial charge in [0.25, 0.3) is 0 Å². The second-order valence-corrected chi connectivity index (χ2v) is 5.18. The Hall–Kier alpha value is -1.39. The van der Waals surface area contributed by atoms with Crippen molar-refractivity contribution in [3.8, 4) is 0 Å². The number of piperidine rings is 1. The van der Waals surface area contributed by atoms with Crippen LogP contribution in [-0.2, 0) is 16.9 Å². The fraction of sp³-hybridized carbons (Fsp3) is 0.500. The highest BCUT2D eigenvalue weighted by atomic mass is 16.5. The Morgan fingerprint density at radius 2 is 2.06 bits per heavy atom. The maximum Gasteiger partial charge on any atom is 0.113 e. The van der Waals surface area contributed by atoms with Crippen molar-refractivity contribution in [3.63, 3.8) is 0 Å². The molecule has 0 unspecified atom stereocenters. The summed E-state index contributed by atoms with van der Waals surface area (Å²) in [4.78, 5) is 0. The summed E-state index contributed by atoms with van der Waals surface area (Å²) in [5.74, 6) is 0. The molecule has 0 saturated carbocycles. The molecule has 2 aromatic rings. The largest absolute Gasteiger partial charge is 0.367 e. The lowest BCUT2D eigenvalue weighted by molar-refractivity contribution is -0.0972. The number of nitrogens with zero attached hydrogens (tertiary/aromatic N) is 2. The first-order valence-corrected chi connectivity index (χ1v) is 6.70. The summed E-state index contributed by atoms with van der Waals surface area (Å²) in [5.41, 5.74) is 2.28. The van der Waals surface area contributed by atoms with Gasteiger partial charge in [0.05, 0.1) is 24.4 Å². The van der Waals surface area contributed by atoms with E-state index in [1.165, 1.54) is 11.1 Å². The highest BCUT2D eigenvalue weighted by Gasteiger charge is 2.41. The lowest BCUT2D eigenvalue weighted by Crippen LogP contribution is -2.46. The molecule has 2 aliphatic rings. The van der Waals surface area contributed by atoms with Crippen LogP contribution in [0.15, 0.2) is 24.3 Å². The third-order valence-corrected chi connectivity index (χ3v) is 4.17. The third kappa shape index (κ3) is 1.36. The van der Waals surface area contributed by atoms with Crippen LogP contribution < -0.4 is 5.32 Å². The predicted molar refractivity (Wildman–Crippen MR) is 69.5 cm³/mol. The van der Waals surface area contributed by atoms with Gasteiger partial charge in [-0.1, -0.05) is 18.2 Å². The monoisotopic (exact) mass is 243 g/mol. The van der Waals surface area contributed by atoms with Gasteiger partial charge in [-0.05, 0) is 32.0 Å². The van der Waals surface area contributed by atoms with Gasteiger partial charge in [0, 0.05) is 5.39 Å². The molecule has 2 aliphatic heterocycles. The van der Waals surface area contributed by atoms with Crippen molar-refractivity contribution in [3.05, 3.63) is 30.0 Å². The standard InChI is InChI=1S/C14H17N3O/c1-2-4-12-11(3-1)13-14(5-7-15-8-6-14)18-10-9-17(13)16-12/h1-4,15H,5-10H2. The quantitative estimate of drug-likeness (QED) is 0.764. The van der Waals surface area contributed by atoms with E-state index in [1.54, 1.807) is 0 Å². The average molecular weight is 243 g/mol. The van der Waals surface area contributed by atoms with Crippen LogP contribution in [-0.4, -0.2) is 29.5 Å². The summed E-state index contributed by atoms with van der Waals surface area (Å²) in [6.45, 7) is 3.71. The lowest BCUT2D eigenvalue weighted by Gasteiger charge is -2.41. The summed E-state index contributed by atoms with van der Waals surface area (Å²) in [7, 11) is 0. The Labute approximate surface area is 106 Å². The van der Waals surface area contributed by atoms with E-state index in [9.17, 15) is 0 Å². The number of nitrogens with one attached hydrogen (secondary N) is 1. The molecule has 3 heterocycles. The number of fused-ring (bicyclic) bond motifs is 4. The van der Waals surface area contributed by atoms with Crippen molar-refractivity contribution < 1.29 is 4.74 Å². The molecule has 94 valence electrons. The van der Waals surface area contributed by atoms with Crippen LogP contribution in [0, 0.1) is 0 Å². The van der Waals surface area contributed by atoms with E-state index in [0.717, 1.165) is 44.6 Å². The van der Waals surface area contributed by atoms with Crippen LogP contribution >= 0.6 is 0 Å². The second kappa shape index (κ2) is 3.80. The molecule has 1 spiro atoms. The summed E-state index contributed by atoms with van der Waals surface area (Å²) in [6.07, 6.45) is 2.09. The molecular weight excluding hydrogens is 226 g/mol. The fourth-order valence-electron chi connectivity index (χ4n) is 3.33. The van der Waals surface area contributed by atoms with Gasteiger partial charge in [-0.15, -0.1) is 0 Å². The van der Waals surface area contributed by atoms with Gasteiger partial charge >= 0.3 is 0 Å². The minimum Gasteiger partial charge on any atom is -0.367 e. The van der Waals surface area contributed by atoms with Gasteiger partial charge in [0.2, 0.25) is 0 Å². The second-order valence-electron chi connectivity index (χ2n) is 5.18. The third-order valence-electron chi connectivity index (χ3n) is 4.17. The van der Waals surface area contributed by atoms with Crippen molar-refractivity contribution in [2.75, 3.05) is 19.7 Å². The number of hydrogen-bond acceptors (Lipinski definition) is 3. The first kappa shape index (κ1) is 10.5. The van der Waals surface area contributed by atoms with Gasteiger partial charge in [0.1, 0.15) is 5.60 Å². The van der Waals surface area contributed by atoms with Gasteiger partial charge in [-0.25, -0.2) is 0 Å². The molecule has 1 fully saturated rings. The summed E-state index contributed by atoms with van der Waals surface area (Å²) >= 11 is 0. The number of benzene rings is 1. The van der Waals surface area contributed by atoms with Gasteiger partial charge in [-0.3, -0.25) is 4.68 Å². The van der Waals surface area contributed by atoms with E-state index >= 15 is 0 Å². The molecule has 0 radical (unpaired) electrons. The van der Waals surface area contributed by atoms with E-state index in [-0.39, 0.29) is 5.60 Å². The number of hydrogen-bond donors (Lipinski definition) is 1. The topological polar surface area (TPSA) is 39.1 Å². The molecule has 18 heavy (non-hydrogen) atoms. The Morgan fingerprint density at radius 3 is 2.94 bits per heavy atom. The maximum absolute atomic E-state index is 6.20. The molecule has 1 saturated heterocycles. The zero-order valence-corrected chi connectivity index (χ0v) is 10.4. The average Bonchev–Trinajstić information content (AvgIpc) is 2.79. The zero-order chi connectivity index (χ0) is 12.0. The Kier molecular flexibility index (Phi) is 2.22. The minimum atomic E-state index is -0.112. The molecule has 1 N–H and O–H groups in total. The van der Waals surface area contributed by atoms with Crippen LogP contribution in [0.3, 0.4) is 0 Å². The molecule has 0 aliphatic carbocycles. The Morgan fingerprint density at radius 1 is 1.22 bits per heavy atom. The Balaban J connectivity index is 1.96. The first-order valence-electron chi connectivity index (χ1n) is 6.70. The van der Waals surface area contributed by atoms with Crippen molar-refractivity contribution in [1.29, 1.82) is 0 Å². The van der Waals surface area contributed by atoms with Crippen LogP contribution in [0.4, 0.5) is 0 Å². The molecule has 1 aromatic carbocycles. The number of aromatic nitrogens is 2. The number of ether oxygens (including phenoxy) is 1. The molecule has 4 heteroatoms. The van der Waals surface area contributed by atoms with Crippen molar-refractivity contribution in [1.82, 2.24) is 15.1 Å². The van der Waals surface area contributed by atoms with E-state index in [1.807, 2.05) is 0 Å². The molecule has 0 bridgehead atoms. The Bertz CT molecular complexity index is 584. The van der Waals surface area contributed by atoms with Gasteiger partial charge in [0.15, 0.2) is 0 Å². The van der Waals surface area contributed by atoms with Crippen molar-refractivity contribution in [2.24, 2.45) is 0 Å². The van der Waals surface area contributed by atoms with Crippen LogP contribution in [0.25, 0.3) is 10.9 Å². The van der Waals surface area contributed by atoms with Gasteiger partial charge < -0.3 is 10.1 Å². The molecule has 0 amide bonds. The van der Waals surface area contributed by atoms with Crippen molar-refractivity contribution >= 4 is 10.9 Å². The summed E-state index contributed by atoms with van der Waals surface area (Å²) < 4.78 is 8.36. The van der Waals surface area contributed by atoms with E-state index in [2.05, 4.69) is 34.3 Å². The van der Waals surface area contributed by atoms with Crippen LogP contribution in [0.2, 0.25) is 0 Å². The minimum absolute atomic E-state index is 0.112. The molecule has 1 aromatic heterocycles. The smallest absolute Gasteiger partial charge is 0.113 e. The summed E-state index contributed by atoms with van der Waals surface area (Å²) in [6, 6.07) is 8.41. The molecule has 4 nitrogen and oxygen atoms in total. The maximum atomic E-state index is 6.20. The van der Waals surface area contributed by atoms with E-state index < -0.39 is 0 Å². The first-order chi connectivity index (χ1) is 8.89. The predicted octanol–water partition coefficient (Wildman–Crippen LogP) is 1.65. The van der Waals surface area contributed by atoms with Crippen LogP contribution in [0.1, 0.15) is 18.5 Å². The van der Waals surface area contributed by atoms with E-state index in [4.69, 9.17) is 9.84 Å². The van der Waals surface area contributed by atoms with E-state index in [0.29, 0.717) is 0 Å². The summed E-state index contributed by atoms with van der Waals surface area (Å²) in [5, 5.41) is 9.40. The number of rotatable bonds is 0. The SMILES string of the molecule is c1ccc2c3n(nc2c1)CCOC31CCNCC1.